The molecule has 30 heavy (non-hydrogen) atoms. The van der Waals surface area contributed by atoms with Gasteiger partial charge in [-0.25, -0.2) is 0 Å². The lowest BCUT2D eigenvalue weighted by Crippen LogP contribution is -2.46. The topological polar surface area (TPSA) is 61.9 Å². The van der Waals surface area contributed by atoms with Gasteiger partial charge in [-0.05, 0) is 36.6 Å². The average molecular weight is 415 g/mol. The fourth-order valence-electron chi connectivity index (χ4n) is 4.10. The Bertz CT molecular complexity index is 937. The number of carbonyl (C=O) groups is 2. The zero-order valence-corrected chi connectivity index (χ0v) is 16.4. The molecule has 2 heterocycles. The van der Waals surface area contributed by atoms with Crippen LogP contribution in [-0.4, -0.2) is 44.1 Å². The highest BCUT2D eigenvalue weighted by atomic mass is 19.3. The number of halogens is 2. The van der Waals surface area contributed by atoms with Crippen molar-refractivity contribution in [2.75, 3.05) is 29.4 Å². The third-order valence-electron chi connectivity index (χ3n) is 5.47. The standard InChI is InChI=1S/C22H23F2N3O3/c23-22(24)30-19-8-4-3-7-18(19)26-12-11-16(13-26)25-20(28)14-27-17-6-2-1-5-15(17)9-10-21(27)29/h1-8,16,22H,9-14H2,(H,25,28). The van der Waals surface area contributed by atoms with Crippen LogP contribution in [0.25, 0.3) is 0 Å². The summed E-state index contributed by atoms with van der Waals surface area (Å²) in [6, 6.07) is 14.1. The van der Waals surface area contributed by atoms with E-state index in [-0.39, 0.29) is 30.2 Å². The average Bonchev–Trinajstić information content (AvgIpc) is 3.18. The first-order valence-corrected chi connectivity index (χ1v) is 9.97. The summed E-state index contributed by atoms with van der Waals surface area (Å²) in [6.07, 6.45) is 1.76. The monoisotopic (exact) mass is 415 g/mol. The summed E-state index contributed by atoms with van der Waals surface area (Å²) in [5.41, 5.74) is 2.43. The number of carbonyl (C=O) groups excluding carboxylic acids is 2. The molecule has 1 unspecified atom stereocenters. The summed E-state index contributed by atoms with van der Waals surface area (Å²) in [4.78, 5) is 28.4. The lowest BCUT2D eigenvalue weighted by Gasteiger charge is -2.29. The summed E-state index contributed by atoms with van der Waals surface area (Å²) in [5.74, 6) is -0.172. The number of nitrogens with one attached hydrogen (secondary N) is 1. The van der Waals surface area contributed by atoms with Crippen molar-refractivity contribution in [2.45, 2.75) is 31.9 Å². The SMILES string of the molecule is O=C(CN1C(=O)CCc2ccccc21)NC1CCN(c2ccccc2OC(F)F)C1. The molecule has 2 aromatic carbocycles. The van der Waals surface area contributed by atoms with Crippen LogP contribution in [0.2, 0.25) is 0 Å². The third kappa shape index (κ3) is 4.37. The van der Waals surface area contributed by atoms with Crippen LogP contribution in [-0.2, 0) is 16.0 Å². The normalized spacial score (nSPS) is 18.5. The second-order valence-corrected chi connectivity index (χ2v) is 7.45. The number of hydrogen-bond acceptors (Lipinski definition) is 4. The van der Waals surface area contributed by atoms with Gasteiger partial charge in [-0.3, -0.25) is 9.59 Å². The Morgan fingerprint density at radius 2 is 1.83 bits per heavy atom. The van der Waals surface area contributed by atoms with E-state index < -0.39 is 6.61 Å². The smallest absolute Gasteiger partial charge is 0.387 e. The molecule has 0 radical (unpaired) electrons. The second-order valence-electron chi connectivity index (χ2n) is 7.45. The predicted molar refractivity (Wildman–Crippen MR) is 109 cm³/mol. The Balaban J connectivity index is 1.38. The van der Waals surface area contributed by atoms with E-state index in [1.807, 2.05) is 29.2 Å². The molecule has 0 bridgehead atoms. The van der Waals surface area contributed by atoms with Gasteiger partial charge in [-0.15, -0.1) is 0 Å². The largest absolute Gasteiger partial charge is 0.433 e. The van der Waals surface area contributed by atoms with Gasteiger partial charge in [0.25, 0.3) is 0 Å². The van der Waals surface area contributed by atoms with Gasteiger partial charge in [0.2, 0.25) is 11.8 Å². The van der Waals surface area contributed by atoms with Crippen LogP contribution >= 0.6 is 0 Å². The first-order valence-electron chi connectivity index (χ1n) is 9.97. The van der Waals surface area contributed by atoms with Crippen molar-refractivity contribution in [1.82, 2.24) is 5.32 Å². The molecular weight excluding hydrogens is 392 g/mol. The molecule has 4 rings (SSSR count). The number of alkyl halides is 2. The molecule has 0 aliphatic carbocycles. The van der Waals surface area contributed by atoms with Crippen molar-refractivity contribution >= 4 is 23.2 Å². The van der Waals surface area contributed by atoms with Crippen LogP contribution in [0, 0.1) is 0 Å². The van der Waals surface area contributed by atoms with Gasteiger partial charge in [0.15, 0.2) is 0 Å². The minimum Gasteiger partial charge on any atom is -0.433 e. The van der Waals surface area contributed by atoms with Crippen molar-refractivity contribution in [2.24, 2.45) is 0 Å². The lowest BCUT2D eigenvalue weighted by atomic mass is 10.0. The highest BCUT2D eigenvalue weighted by Crippen LogP contribution is 2.32. The molecule has 0 spiro atoms. The molecule has 6 nitrogen and oxygen atoms in total. The van der Waals surface area contributed by atoms with Gasteiger partial charge in [0.1, 0.15) is 12.3 Å². The van der Waals surface area contributed by atoms with Crippen molar-refractivity contribution < 1.29 is 23.1 Å². The number of rotatable bonds is 6. The molecule has 1 fully saturated rings. The van der Waals surface area contributed by atoms with Crippen LogP contribution in [0.15, 0.2) is 48.5 Å². The third-order valence-corrected chi connectivity index (χ3v) is 5.47. The van der Waals surface area contributed by atoms with E-state index in [0.29, 0.717) is 38.0 Å². The maximum absolute atomic E-state index is 12.7. The maximum Gasteiger partial charge on any atom is 0.387 e. The number of benzene rings is 2. The van der Waals surface area contributed by atoms with E-state index in [2.05, 4.69) is 10.1 Å². The van der Waals surface area contributed by atoms with Gasteiger partial charge in [-0.2, -0.15) is 8.78 Å². The number of nitrogens with zero attached hydrogens (tertiary/aromatic N) is 2. The number of aryl methyl sites for hydroxylation is 1. The van der Waals surface area contributed by atoms with Gasteiger partial charge in [0, 0.05) is 31.2 Å². The fraction of sp³-hybridized carbons (Fsp3) is 0.364. The number of hydrogen-bond donors (Lipinski definition) is 1. The van der Waals surface area contributed by atoms with Crippen molar-refractivity contribution in [3.63, 3.8) is 0 Å². The molecule has 2 aliphatic rings. The number of fused-ring (bicyclic) bond motifs is 1. The Hall–Kier alpha value is -3.16. The number of amides is 2. The van der Waals surface area contributed by atoms with Crippen molar-refractivity contribution in [3.05, 3.63) is 54.1 Å². The van der Waals surface area contributed by atoms with Crippen LogP contribution in [0.3, 0.4) is 0 Å². The second kappa shape index (κ2) is 8.69. The highest BCUT2D eigenvalue weighted by Gasteiger charge is 2.29. The van der Waals surface area contributed by atoms with E-state index in [4.69, 9.17) is 0 Å². The summed E-state index contributed by atoms with van der Waals surface area (Å²) in [5, 5.41) is 2.97. The van der Waals surface area contributed by atoms with Crippen molar-refractivity contribution in [3.8, 4) is 5.75 Å². The van der Waals surface area contributed by atoms with E-state index in [1.54, 1.807) is 18.2 Å². The first kappa shape index (κ1) is 20.1. The van der Waals surface area contributed by atoms with Crippen LogP contribution in [0.5, 0.6) is 5.75 Å². The van der Waals surface area contributed by atoms with E-state index in [9.17, 15) is 18.4 Å². The Morgan fingerprint density at radius 1 is 1.10 bits per heavy atom. The quantitative estimate of drug-likeness (QED) is 0.788. The Kier molecular flexibility index (Phi) is 5.83. The summed E-state index contributed by atoms with van der Waals surface area (Å²) in [7, 11) is 0. The highest BCUT2D eigenvalue weighted by molar-refractivity contribution is 6.01. The molecule has 1 N–H and O–H groups in total. The molecule has 2 aromatic rings. The fourth-order valence-corrected chi connectivity index (χ4v) is 4.10. The van der Waals surface area contributed by atoms with E-state index >= 15 is 0 Å². The minimum atomic E-state index is -2.89. The molecule has 158 valence electrons. The van der Waals surface area contributed by atoms with Gasteiger partial charge >= 0.3 is 6.61 Å². The molecule has 1 atom stereocenters. The number of ether oxygens (including phenoxy) is 1. The molecule has 0 aromatic heterocycles. The molecule has 0 saturated carbocycles. The minimum absolute atomic E-state index is 0.0303. The van der Waals surface area contributed by atoms with Gasteiger partial charge in [0.05, 0.1) is 5.69 Å². The molecular formula is C22H23F2N3O3. The zero-order valence-electron chi connectivity index (χ0n) is 16.4. The summed E-state index contributed by atoms with van der Waals surface area (Å²) >= 11 is 0. The van der Waals surface area contributed by atoms with Gasteiger partial charge in [-0.1, -0.05) is 30.3 Å². The zero-order chi connectivity index (χ0) is 21.1. The first-order chi connectivity index (χ1) is 14.5. The lowest BCUT2D eigenvalue weighted by molar-refractivity contribution is -0.124. The predicted octanol–water partition coefficient (Wildman–Crippen LogP) is 2.96. The molecule has 2 aliphatic heterocycles. The summed E-state index contributed by atoms with van der Waals surface area (Å²) < 4.78 is 29.9. The van der Waals surface area contributed by atoms with Crippen molar-refractivity contribution in [1.29, 1.82) is 0 Å². The Labute approximate surface area is 173 Å². The van der Waals surface area contributed by atoms with Crippen LogP contribution in [0.4, 0.5) is 20.2 Å². The van der Waals surface area contributed by atoms with Crippen LogP contribution in [0.1, 0.15) is 18.4 Å². The number of anilines is 2. The van der Waals surface area contributed by atoms with Gasteiger partial charge < -0.3 is 19.9 Å². The van der Waals surface area contributed by atoms with E-state index in [0.717, 1.165) is 11.3 Å². The molecule has 8 heteroatoms. The Morgan fingerprint density at radius 3 is 2.63 bits per heavy atom. The molecule has 2 amide bonds. The summed E-state index contributed by atoms with van der Waals surface area (Å²) in [6.45, 7) is -1.83. The number of para-hydroxylation sites is 3. The molecule has 1 saturated heterocycles. The van der Waals surface area contributed by atoms with Crippen LogP contribution < -0.4 is 19.9 Å². The van der Waals surface area contributed by atoms with E-state index in [1.165, 1.54) is 11.0 Å². The maximum atomic E-state index is 12.7.